The van der Waals surface area contributed by atoms with Gasteiger partial charge < -0.3 is 5.32 Å². The van der Waals surface area contributed by atoms with Crippen molar-refractivity contribution in [2.24, 2.45) is 0 Å². The second-order valence-corrected chi connectivity index (χ2v) is 7.41. The molecule has 1 amide bonds. The first-order valence-electron chi connectivity index (χ1n) is 7.64. The number of para-hydroxylation sites is 1. The number of nitrogens with zero attached hydrogens (tertiary/aromatic N) is 4. The van der Waals surface area contributed by atoms with Gasteiger partial charge in [-0.15, -0.1) is 10.2 Å². The van der Waals surface area contributed by atoms with Crippen molar-refractivity contribution in [3.63, 3.8) is 0 Å². The minimum absolute atomic E-state index is 0.0621. The van der Waals surface area contributed by atoms with Crippen LogP contribution in [0.15, 0.2) is 47.5 Å². The molecule has 124 valence electrons. The van der Waals surface area contributed by atoms with Crippen LogP contribution in [0.25, 0.3) is 5.65 Å². The highest BCUT2D eigenvalue weighted by Crippen LogP contribution is 2.22. The number of carbonyl (C=O) groups excluding carboxylic acids is 1. The van der Waals surface area contributed by atoms with E-state index in [1.54, 1.807) is 4.52 Å². The van der Waals surface area contributed by atoms with E-state index < -0.39 is 0 Å². The standard InChI is InChI=1S/C17H19N5OS/c1-17(2,3)16-20-19-13-9-10-15(21-22(13)16)24-11-14(23)18-12-7-5-4-6-8-12/h4-10H,11H2,1-3H3,(H,18,23). The summed E-state index contributed by atoms with van der Waals surface area (Å²) in [7, 11) is 0. The monoisotopic (exact) mass is 341 g/mol. The Balaban J connectivity index is 1.70. The van der Waals surface area contributed by atoms with Crippen LogP contribution in [0.5, 0.6) is 0 Å². The van der Waals surface area contributed by atoms with Crippen molar-refractivity contribution >= 4 is 29.0 Å². The molecule has 0 saturated carbocycles. The maximum Gasteiger partial charge on any atom is 0.234 e. The van der Waals surface area contributed by atoms with Crippen LogP contribution in [-0.2, 0) is 10.2 Å². The van der Waals surface area contributed by atoms with E-state index in [2.05, 4.69) is 41.4 Å². The zero-order chi connectivity index (χ0) is 17.2. The van der Waals surface area contributed by atoms with Gasteiger partial charge in [0, 0.05) is 11.1 Å². The molecule has 7 heteroatoms. The molecule has 0 fully saturated rings. The Kier molecular flexibility index (Phi) is 4.53. The lowest BCUT2D eigenvalue weighted by Crippen LogP contribution is -2.17. The Labute approximate surface area is 144 Å². The van der Waals surface area contributed by atoms with E-state index in [1.807, 2.05) is 42.5 Å². The van der Waals surface area contributed by atoms with Gasteiger partial charge >= 0.3 is 0 Å². The largest absolute Gasteiger partial charge is 0.325 e. The third-order valence-corrected chi connectivity index (χ3v) is 4.24. The zero-order valence-corrected chi connectivity index (χ0v) is 14.7. The van der Waals surface area contributed by atoms with Crippen molar-refractivity contribution in [2.45, 2.75) is 31.2 Å². The summed E-state index contributed by atoms with van der Waals surface area (Å²) in [6.45, 7) is 6.20. The van der Waals surface area contributed by atoms with Crippen molar-refractivity contribution in [1.82, 2.24) is 19.8 Å². The molecule has 0 bridgehead atoms. The van der Waals surface area contributed by atoms with Crippen LogP contribution in [0.2, 0.25) is 0 Å². The van der Waals surface area contributed by atoms with Crippen molar-refractivity contribution in [3.8, 4) is 0 Å². The highest BCUT2D eigenvalue weighted by atomic mass is 32.2. The van der Waals surface area contributed by atoms with Crippen LogP contribution in [0, 0.1) is 0 Å². The van der Waals surface area contributed by atoms with E-state index in [0.29, 0.717) is 11.4 Å². The predicted molar refractivity (Wildman–Crippen MR) is 95.3 cm³/mol. The summed E-state index contributed by atoms with van der Waals surface area (Å²) < 4.78 is 1.75. The second kappa shape index (κ2) is 6.60. The number of amides is 1. The van der Waals surface area contributed by atoms with Gasteiger partial charge in [-0.3, -0.25) is 4.79 Å². The molecule has 0 atom stereocenters. The second-order valence-electron chi connectivity index (χ2n) is 6.42. The van der Waals surface area contributed by atoms with Gasteiger partial charge in [0.25, 0.3) is 0 Å². The fourth-order valence-corrected chi connectivity index (χ4v) is 2.83. The molecule has 0 aliphatic heterocycles. The number of anilines is 1. The molecule has 0 aliphatic rings. The number of hydrogen-bond donors (Lipinski definition) is 1. The van der Waals surface area contributed by atoms with Gasteiger partial charge in [0.2, 0.25) is 5.91 Å². The first-order chi connectivity index (χ1) is 11.4. The SMILES string of the molecule is CC(C)(C)c1nnc2ccc(SCC(=O)Nc3ccccc3)nn12. The molecule has 2 aromatic heterocycles. The summed E-state index contributed by atoms with van der Waals surface area (Å²) in [5, 5.41) is 16.5. The van der Waals surface area contributed by atoms with E-state index in [4.69, 9.17) is 0 Å². The van der Waals surface area contributed by atoms with E-state index in [1.165, 1.54) is 11.8 Å². The van der Waals surface area contributed by atoms with Gasteiger partial charge in [-0.25, -0.2) is 0 Å². The normalized spacial score (nSPS) is 11.6. The molecule has 3 rings (SSSR count). The minimum Gasteiger partial charge on any atom is -0.325 e. The molecule has 0 spiro atoms. The molecule has 0 unspecified atom stereocenters. The van der Waals surface area contributed by atoms with Crippen LogP contribution >= 0.6 is 11.8 Å². The lowest BCUT2D eigenvalue weighted by atomic mass is 9.96. The van der Waals surface area contributed by atoms with E-state index >= 15 is 0 Å². The number of benzene rings is 1. The summed E-state index contributed by atoms with van der Waals surface area (Å²) >= 11 is 1.39. The third kappa shape index (κ3) is 3.73. The summed E-state index contributed by atoms with van der Waals surface area (Å²) in [4.78, 5) is 12.0. The van der Waals surface area contributed by atoms with E-state index in [0.717, 1.165) is 16.5 Å². The molecule has 1 aromatic carbocycles. The van der Waals surface area contributed by atoms with E-state index in [-0.39, 0.29) is 11.3 Å². The van der Waals surface area contributed by atoms with Gasteiger partial charge in [0.1, 0.15) is 5.03 Å². The lowest BCUT2D eigenvalue weighted by molar-refractivity contribution is -0.113. The van der Waals surface area contributed by atoms with Crippen LogP contribution < -0.4 is 5.32 Å². The Bertz CT molecular complexity index is 854. The molecule has 2 heterocycles. The average molecular weight is 341 g/mol. The molecule has 6 nitrogen and oxygen atoms in total. The molecule has 1 N–H and O–H groups in total. The van der Waals surface area contributed by atoms with Gasteiger partial charge in [-0.2, -0.15) is 9.61 Å². The Morgan fingerprint density at radius 2 is 1.88 bits per heavy atom. The number of aromatic nitrogens is 4. The molecular weight excluding hydrogens is 322 g/mol. The minimum atomic E-state index is -0.152. The fraction of sp³-hybridized carbons (Fsp3) is 0.294. The highest BCUT2D eigenvalue weighted by Gasteiger charge is 2.21. The molecule has 0 radical (unpaired) electrons. The first kappa shape index (κ1) is 16.4. The Morgan fingerprint density at radius 1 is 1.12 bits per heavy atom. The quantitative estimate of drug-likeness (QED) is 0.738. The number of fused-ring (bicyclic) bond motifs is 1. The van der Waals surface area contributed by atoms with Crippen LogP contribution in [0.3, 0.4) is 0 Å². The van der Waals surface area contributed by atoms with Crippen molar-refractivity contribution in [2.75, 3.05) is 11.1 Å². The maximum atomic E-state index is 12.0. The van der Waals surface area contributed by atoms with Crippen molar-refractivity contribution in [1.29, 1.82) is 0 Å². The molecule has 0 aliphatic carbocycles. The smallest absolute Gasteiger partial charge is 0.234 e. The predicted octanol–water partition coefficient (Wildman–Crippen LogP) is 3.15. The number of nitrogens with one attached hydrogen (secondary N) is 1. The van der Waals surface area contributed by atoms with Gasteiger partial charge in [0.05, 0.1) is 5.75 Å². The zero-order valence-electron chi connectivity index (χ0n) is 13.9. The number of thioether (sulfide) groups is 1. The lowest BCUT2D eigenvalue weighted by Gasteiger charge is -2.14. The average Bonchev–Trinajstić information content (AvgIpc) is 2.97. The van der Waals surface area contributed by atoms with Crippen molar-refractivity contribution in [3.05, 3.63) is 48.3 Å². The summed E-state index contributed by atoms with van der Waals surface area (Å²) in [6, 6.07) is 13.1. The highest BCUT2D eigenvalue weighted by molar-refractivity contribution is 7.99. The van der Waals surface area contributed by atoms with Crippen LogP contribution in [0.1, 0.15) is 26.6 Å². The van der Waals surface area contributed by atoms with Crippen molar-refractivity contribution < 1.29 is 4.79 Å². The summed E-state index contributed by atoms with van der Waals surface area (Å²) in [6.07, 6.45) is 0. The fourth-order valence-electron chi connectivity index (χ4n) is 2.17. The van der Waals surface area contributed by atoms with Gasteiger partial charge in [0.15, 0.2) is 11.5 Å². The van der Waals surface area contributed by atoms with Gasteiger partial charge in [-0.05, 0) is 24.3 Å². The summed E-state index contributed by atoms with van der Waals surface area (Å²) in [5.74, 6) is 1.03. The van der Waals surface area contributed by atoms with Crippen LogP contribution in [0.4, 0.5) is 5.69 Å². The van der Waals surface area contributed by atoms with Gasteiger partial charge in [-0.1, -0.05) is 50.7 Å². The van der Waals surface area contributed by atoms with E-state index in [9.17, 15) is 4.79 Å². The number of carbonyl (C=O) groups is 1. The maximum absolute atomic E-state index is 12.0. The third-order valence-electron chi connectivity index (χ3n) is 3.32. The summed E-state index contributed by atoms with van der Waals surface area (Å²) in [5.41, 5.74) is 1.35. The Hall–Kier alpha value is -2.41. The number of rotatable bonds is 4. The molecule has 0 saturated heterocycles. The topological polar surface area (TPSA) is 72.2 Å². The molecule has 3 aromatic rings. The molecular formula is C17H19N5OS. The molecule has 24 heavy (non-hydrogen) atoms. The first-order valence-corrected chi connectivity index (χ1v) is 8.63. The van der Waals surface area contributed by atoms with Crippen LogP contribution in [-0.4, -0.2) is 31.5 Å². The Morgan fingerprint density at radius 3 is 2.58 bits per heavy atom. The number of hydrogen-bond acceptors (Lipinski definition) is 5.